The number of unbranched alkanes of at least 4 members (excludes halogenated alkanes) is 21. The fourth-order valence-corrected chi connectivity index (χ4v) is 7.47. The van der Waals surface area contributed by atoms with Crippen LogP contribution in [-0.4, -0.2) is 62.3 Å². The third-order valence-electron chi connectivity index (χ3n) is 11.2. The highest BCUT2D eigenvalue weighted by Crippen LogP contribution is 2.27. The molecule has 0 spiro atoms. The van der Waals surface area contributed by atoms with Crippen molar-refractivity contribution in [1.29, 1.82) is 0 Å². The number of carbonyl (C=O) groups is 3. The average Bonchev–Trinajstić information content (AvgIpc) is 3.20. The molecule has 1 aliphatic rings. The van der Waals surface area contributed by atoms with Crippen molar-refractivity contribution in [1.82, 2.24) is 4.90 Å². The van der Waals surface area contributed by atoms with E-state index < -0.39 is 5.41 Å². The van der Waals surface area contributed by atoms with Crippen LogP contribution >= 0.6 is 0 Å². The number of rotatable bonds is 41. The predicted octanol–water partition coefficient (Wildman–Crippen LogP) is 14.0. The number of ether oxygens (including phenoxy) is 3. The third kappa shape index (κ3) is 32.4. The van der Waals surface area contributed by atoms with Crippen molar-refractivity contribution in [2.75, 3.05) is 39.5 Å². The van der Waals surface area contributed by atoms with Crippen molar-refractivity contribution in [2.45, 2.75) is 220 Å². The Kier molecular flexibility index (Phi) is 35.8. The average molecular weight is 814 g/mol. The van der Waals surface area contributed by atoms with Crippen LogP contribution < -0.4 is 0 Å². The summed E-state index contributed by atoms with van der Waals surface area (Å²) in [6.45, 7) is 11.5. The maximum absolute atomic E-state index is 13.0. The number of carbonyl (C=O) groups excluding carboxylic acids is 3. The van der Waals surface area contributed by atoms with Crippen LogP contribution in [0.3, 0.4) is 0 Å². The molecule has 7 nitrogen and oxygen atoms in total. The number of allylic oxidation sites excluding steroid dienone is 6. The van der Waals surface area contributed by atoms with Crippen LogP contribution in [0.4, 0.5) is 0 Å². The SMILES string of the molecule is CCCC/C=C\CCCCCCCC(=O)OCC(COC(=O)CCCCCCC/C=C\CCCC)(COC(=O)CCCCCCC/C=C\CCCC)CN1CC(C)C1. The van der Waals surface area contributed by atoms with Gasteiger partial charge in [-0.3, -0.25) is 14.4 Å². The maximum Gasteiger partial charge on any atom is 0.305 e. The second-order valence-electron chi connectivity index (χ2n) is 17.5. The van der Waals surface area contributed by atoms with Gasteiger partial charge >= 0.3 is 17.9 Å². The normalized spacial score (nSPS) is 13.9. The molecule has 0 atom stereocenters. The highest BCUT2D eigenvalue weighted by atomic mass is 16.6. The summed E-state index contributed by atoms with van der Waals surface area (Å²) in [5.74, 6) is -0.112. The highest BCUT2D eigenvalue weighted by molar-refractivity contribution is 5.70. The van der Waals surface area contributed by atoms with Gasteiger partial charge in [0.15, 0.2) is 0 Å². The van der Waals surface area contributed by atoms with Gasteiger partial charge in [0, 0.05) is 38.9 Å². The van der Waals surface area contributed by atoms with Crippen molar-refractivity contribution in [3.05, 3.63) is 36.5 Å². The molecule has 1 saturated heterocycles. The Bertz CT molecular complexity index is 960. The molecular weight excluding hydrogens is 723 g/mol. The number of nitrogens with zero attached hydrogens (tertiary/aromatic N) is 1. The highest BCUT2D eigenvalue weighted by Gasteiger charge is 2.40. The Labute approximate surface area is 357 Å². The second-order valence-corrected chi connectivity index (χ2v) is 17.5. The van der Waals surface area contributed by atoms with Gasteiger partial charge in [-0.15, -0.1) is 0 Å². The summed E-state index contributed by atoms with van der Waals surface area (Å²) in [4.78, 5) is 41.4. The molecule has 1 fully saturated rings. The molecule has 0 saturated carbocycles. The minimum absolute atomic E-state index is 0.0709. The zero-order chi connectivity index (χ0) is 42.2. The molecule has 336 valence electrons. The van der Waals surface area contributed by atoms with Crippen LogP contribution in [0.5, 0.6) is 0 Å². The molecule has 58 heavy (non-hydrogen) atoms. The van der Waals surface area contributed by atoms with E-state index >= 15 is 0 Å². The first kappa shape index (κ1) is 53.6. The van der Waals surface area contributed by atoms with Gasteiger partial charge in [-0.05, 0) is 83.0 Å². The summed E-state index contributed by atoms with van der Waals surface area (Å²) in [6.07, 6.45) is 45.3. The Balaban J connectivity index is 2.66. The molecule has 0 bridgehead atoms. The largest absolute Gasteiger partial charge is 0.465 e. The topological polar surface area (TPSA) is 82.1 Å². The summed E-state index contributed by atoms with van der Waals surface area (Å²) >= 11 is 0. The van der Waals surface area contributed by atoms with E-state index in [1.165, 1.54) is 96.3 Å². The van der Waals surface area contributed by atoms with Crippen molar-refractivity contribution >= 4 is 17.9 Å². The van der Waals surface area contributed by atoms with Gasteiger partial charge in [-0.25, -0.2) is 0 Å². The van der Waals surface area contributed by atoms with Crippen molar-refractivity contribution in [3.8, 4) is 0 Å². The first-order valence-electron chi connectivity index (χ1n) is 24.5. The van der Waals surface area contributed by atoms with Crippen molar-refractivity contribution < 1.29 is 28.6 Å². The number of likely N-dealkylation sites (tertiary alicyclic amines) is 1. The van der Waals surface area contributed by atoms with E-state index in [1.54, 1.807) is 0 Å². The monoisotopic (exact) mass is 814 g/mol. The first-order chi connectivity index (χ1) is 28.3. The van der Waals surface area contributed by atoms with Gasteiger partial charge in [0.1, 0.15) is 19.8 Å². The zero-order valence-electron chi connectivity index (χ0n) is 38.4. The van der Waals surface area contributed by atoms with Gasteiger partial charge in [0.25, 0.3) is 0 Å². The Hall–Kier alpha value is -2.41. The molecule has 1 heterocycles. The fraction of sp³-hybridized carbons (Fsp3) is 0.824. The molecule has 7 heteroatoms. The van der Waals surface area contributed by atoms with Crippen molar-refractivity contribution in [2.24, 2.45) is 11.3 Å². The van der Waals surface area contributed by atoms with Gasteiger partial charge in [0.2, 0.25) is 0 Å². The Morgan fingerprint density at radius 2 is 0.724 bits per heavy atom. The minimum Gasteiger partial charge on any atom is -0.465 e. The third-order valence-corrected chi connectivity index (χ3v) is 11.2. The molecule has 1 aliphatic heterocycles. The quantitative estimate of drug-likeness (QED) is 0.0263. The van der Waals surface area contributed by atoms with Gasteiger partial charge < -0.3 is 19.1 Å². The van der Waals surface area contributed by atoms with E-state index in [0.717, 1.165) is 90.1 Å². The number of hydrogen-bond acceptors (Lipinski definition) is 7. The second kappa shape index (κ2) is 38.8. The van der Waals surface area contributed by atoms with Gasteiger partial charge in [-0.1, -0.05) is 160 Å². The molecule has 0 aromatic rings. The molecule has 0 aliphatic carbocycles. The van der Waals surface area contributed by atoms with Crippen molar-refractivity contribution in [3.63, 3.8) is 0 Å². The molecule has 1 rings (SSSR count). The van der Waals surface area contributed by atoms with E-state index in [4.69, 9.17) is 14.2 Å². The summed E-state index contributed by atoms with van der Waals surface area (Å²) in [7, 11) is 0. The lowest BCUT2D eigenvalue weighted by Crippen LogP contribution is -2.55. The lowest BCUT2D eigenvalue weighted by molar-refractivity contribution is -0.165. The molecule has 0 radical (unpaired) electrons. The molecule has 0 unspecified atom stereocenters. The Morgan fingerprint density at radius 3 is 1.02 bits per heavy atom. The fourth-order valence-electron chi connectivity index (χ4n) is 7.47. The first-order valence-corrected chi connectivity index (χ1v) is 24.5. The molecule has 0 N–H and O–H groups in total. The van der Waals surface area contributed by atoms with E-state index in [1.807, 2.05) is 0 Å². The van der Waals surface area contributed by atoms with Crippen LogP contribution in [-0.2, 0) is 28.6 Å². The summed E-state index contributed by atoms with van der Waals surface area (Å²) < 4.78 is 17.8. The summed E-state index contributed by atoms with van der Waals surface area (Å²) in [5.41, 5.74) is -0.805. The van der Waals surface area contributed by atoms with Gasteiger partial charge in [0.05, 0.1) is 5.41 Å². The van der Waals surface area contributed by atoms with Gasteiger partial charge in [-0.2, -0.15) is 0 Å². The standard InChI is InChI=1S/C51H91NO6/c1-5-8-11-14-17-20-23-26-29-32-35-38-48(53)56-44-51(43-52-41-47(4)42-52,45-57-49(54)39-36-33-30-27-24-21-18-15-12-9-6-2)46-58-50(55)40-37-34-31-28-25-22-19-16-13-10-7-3/h14-19,47H,5-13,20-46H2,1-4H3/b17-14-,18-15-,19-16-. The summed E-state index contributed by atoms with van der Waals surface area (Å²) in [5, 5.41) is 0. The van der Waals surface area contributed by atoms with E-state index in [9.17, 15) is 14.4 Å². The van der Waals surface area contributed by atoms with Crippen LogP contribution in [0.2, 0.25) is 0 Å². The number of esters is 3. The Morgan fingerprint density at radius 1 is 0.448 bits per heavy atom. The van der Waals surface area contributed by atoms with E-state index in [-0.39, 0.29) is 37.7 Å². The van der Waals surface area contributed by atoms with E-state index in [0.29, 0.717) is 31.7 Å². The van der Waals surface area contributed by atoms with Crippen LogP contribution in [0.25, 0.3) is 0 Å². The molecule has 0 amide bonds. The van der Waals surface area contributed by atoms with Crippen LogP contribution in [0, 0.1) is 11.3 Å². The van der Waals surface area contributed by atoms with Crippen LogP contribution in [0.15, 0.2) is 36.5 Å². The molecular formula is C51H91NO6. The predicted molar refractivity (Wildman–Crippen MR) is 244 cm³/mol. The minimum atomic E-state index is -0.805. The lowest BCUT2D eigenvalue weighted by atomic mass is 9.87. The molecule has 0 aromatic heterocycles. The number of hydrogen-bond donors (Lipinski definition) is 0. The zero-order valence-corrected chi connectivity index (χ0v) is 38.4. The summed E-state index contributed by atoms with van der Waals surface area (Å²) in [6, 6.07) is 0. The molecule has 0 aromatic carbocycles. The smallest absolute Gasteiger partial charge is 0.305 e. The lowest BCUT2D eigenvalue weighted by Gasteiger charge is -2.43. The van der Waals surface area contributed by atoms with E-state index in [2.05, 4.69) is 69.1 Å². The van der Waals surface area contributed by atoms with Crippen LogP contribution in [0.1, 0.15) is 220 Å². The maximum atomic E-state index is 13.0.